The zero-order valence-corrected chi connectivity index (χ0v) is 11.7. The van der Waals surface area contributed by atoms with Crippen molar-refractivity contribution >= 4 is 11.4 Å². The average molecular weight is 252 g/mol. The first kappa shape index (κ1) is 14.8. The summed E-state index contributed by atoms with van der Waals surface area (Å²) in [7, 11) is 1.63. The van der Waals surface area contributed by atoms with Crippen molar-refractivity contribution in [1.29, 1.82) is 0 Å². The van der Waals surface area contributed by atoms with E-state index in [1.54, 1.807) is 14.0 Å². The van der Waals surface area contributed by atoms with Gasteiger partial charge in [0.2, 0.25) is 0 Å². The average Bonchev–Trinajstić information content (AvgIpc) is 2.30. The van der Waals surface area contributed by atoms with Crippen LogP contribution in [0, 0.1) is 13.8 Å². The highest BCUT2D eigenvalue weighted by Gasteiger charge is 2.20. The number of methoxy groups -OCH3 is 1. The van der Waals surface area contributed by atoms with Crippen LogP contribution in [0.1, 0.15) is 24.5 Å². The first-order valence-electron chi connectivity index (χ1n) is 6.17. The Morgan fingerprint density at radius 3 is 2.56 bits per heavy atom. The molecule has 4 heteroatoms. The molecule has 0 spiro atoms. The van der Waals surface area contributed by atoms with E-state index < -0.39 is 5.60 Å². The molecule has 18 heavy (non-hydrogen) atoms. The van der Waals surface area contributed by atoms with E-state index in [-0.39, 0.29) is 0 Å². The topological polar surface area (TPSA) is 67.5 Å². The minimum absolute atomic E-state index is 0.447. The molecular weight excluding hydrogens is 228 g/mol. The summed E-state index contributed by atoms with van der Waals surface area (Å²) >= 11 is 0. The zero-order chi connectivity index (χ0) is 13.8. The van der Waals surface area contributed by atoms with Crippen LogP contribution in [0.5, 0.6) is 0 Å². The third-order valence-electron chi connectivity index (χ3n) is 3.17. The van der Waals surface area contributed by atoms with Gasteiger partial charge in [0.25, 0.3) is 0 Å². The molecule has 0 saturated carbocycles. The first-order valence-corrected chi connectivity index (χ1v) is 6.17. The van der Waals surface area contributed by atoms with E-state index in [1.807, 2.05) is 26.0 Å². The van der Waals surface area contributed by atoms with Crippen LogP contribution >= 0.6 is 0 Å². The molecule has 0 aromatic heterocycles. The van der Waals surface area contributed by atoms with E-state index >= 15 is 0 Å². The van der Waals surface area contributed by atoms with Crippen LogP contribution in [0.3, 0.4) is 0 Å². The summed E-state index contributed by atoms with van der Waals surface area (Å²) in [6.45, 7) is 6.85. The second-order valence-corrected chi connectivity index (χ2v) is 5.12. The molecule has 1 rings (SSSR count). The van der Waals surface area contributed by atoms with Crippen LogP contribution < -0.4 is 11.1 Å². The molecule has 102 valence electrons. The fourth-order valence-corrected chi connectivity index (χ4v) is 1.69. The molecule has 0 fully saturated rings. The second kappa shape index (κ2) is 6.07. The van der Waals surface area contributed by atoms with Gasteiger partial charge in [0.05, 0.1) is 17.0 Å². The van der Waals surface area contributed by atoms with Crippen molar-refractivity contribution in [2.75, 3.05) is 31.3 Å². The minimum Gasteiger partial charge on any atom is -0.397 e. The molecular formula is C14H24N2O2. The molecule has 4 nitrogen and oxygen atoms in total. The largest absolute Gasteiger partial charge is 0.397 e. The number of benzene rings is 1. The predicted molar refractivity (Wildman–Crippen MR) is 75.9 cm³/mol. The van der Waals surface area contributed by atoms with E-state index in [1.165, 1.54) is 11.1 Å². The lowest BCUT2D eigenvalue weighted by Gasteiger charge is -2.24. The van der Waals surface area contributed by atoms with Crippen LogP contribution in [0.2, 0.25) is 0 Å². The molecule has 0 saturated heterocycles. The Morgan fingerprint density at radius 2 is 1.94 bits per heavy atom. The van der Waals surface area contributed by atoms with Gasteiger partial charge >= 0.3 is 0 Å². The lowest BCUT2D eigenvalue weighted by molar-refractivity contribution is 0.0358. The molecule has 0 radical (unpaired) electrons. The number of aliphatic hydroxyl groups is 1. The molecule has 1 atom stereocenters. The van der Waals surface area contributed by atoms with Crippen molar-refractivity contribution in [3.05, 3.63) is 23.3 Å². The van der Waals surface area contributed by atoms with Gasteiger partial charge in [-0.25, -0.2) is 0 Å². The highest BCUT2D eigenvalue weighted by Crippen LogP contribution is 2.24. The number of rotatable bonds is 6. The number of ether oxygens (including phenoxy) is 1. The third kappa shape index (κ3) is 4.20. The molecule has 4 N–H and O–H groups in total. The predicted octanol–water partition coefficient (Wildman–Crippen LogP) is 2.09. The van der Waals surface area contributed by atoms with Crippen LogP contribution in [0.15, 0.2) is 12.1 Å². The quantitative estimate of drug-likeness (QED) is 0.678. The molecule has 0 aliphatic rings. The molecule has 0 heterocycles. The van der Waals surface area contributed by atoms with E-state index in [9.17, 15) is 5.11 Å². The van der Waals surface area contributed by atoms with E-state index in [4.69, 9.17) is 10.5 Å². The molecule has 1 unspecified atom stereocenters. The monoisotopic (exact) mass is 252 g/mol. The van der Waals surface area contributed by atoms with Crippen LogP contribution in [0.25, 0.3) is 0 Å². The molecule has 0 aliphatic carbocycles. The fraction of sp³-hybridized carbons (Fsp3) is 0.571. The number of anilines is 2. The van der Waals surface area contributed by atoms with E-state index in [0.29, 0.717) is 25.3 Å². The minimum atomic E-state index is -0.804. The Bertz CT molecular complexity index is 403. The Hall–Kier alpha value is -1.26. The number of hydrogen-bond donors (Lipinski definition) is 3. The maximum absolute atomic E-state index is 10.1. The number of nitrogen functional groups attached to an aromatic ring is 1. The summed E-state index contributed by atoms with van der Waals surface area (Å²) in [5.41, 5.74) is 9.08. The van der Waals surface area contributed by atoms with Gasteiger partial charge in [0.15, 0.2) is 0 Å². The summed E-state index contributed by atoms with van der Waals surface area (Å²) in [4.78, 5) is 0. The molecule has 1 aromatic carbocycles. The van der Waals surface area contributed by atoms with Gasteiger partial charge in [-0.05, 0) is 44.0 Å². The van der Waals surface area contributed by atoms with Crippen molar-refractivity contribution < 1.29 is 9.84 Å². The molecule has 0 bridgehead atoms. The third-order valence-corrected chi connectivity index (χ3v) is 3.17. The Kier molecular flexibility index (Phi) is 4.99. The smallest absolute Gasteiger partial charge is 0.0813 e. The van der Waals surface area contributed by atoms with Gasteiger partial charge in [0, 0.05) is 26.7 Å². The van der Waals surface area contributed by atoms with Gasteiger partial charge in [-0.15, -0.1) is 0 Å². The second-order valence-electron chi connectivity index (χ2n) is 5.12. The SMILES string of the molecule is COCCC(C)(O)CNc1cc(C)c(C)cc1N. The highest BCUT2D eigenvalue weighted by atomic mass is 16.5. The summed E-state index contributed by atoms with van der Waals surface area (Å²) in [5, 5.41) is 13.3. The van der Waals surface area contributed by atoms with Gasteiger partial charge in [-0.3, -0.25) is 0 Å². The van der Waals surface area contributed by atoms with Crippen molar-refractivity contribution in [3.63, 3.8) is 0 Å². The summed E-state index contributed by atoms with van der Waals surface area (Å²) in [6, 6.07) is 3.96. The Balaban J connectivity index is 2.66. The number of aryl methyl sites for hydroxylation is 2. The molecule has 0 amide bonds. The Labute approximate surface area is 109 Å². The standard InChI is InChI=1S/C14H24N2O2/c1-10-7-12(15)13(8-11(10)2)16-9-14(3,17)5-6-18-4/h7-8,16-17H,5-6,9,15H2,1-4H3. The first-order chi connectivity index (χ1) is 8.35. The maximum atomic E-state index is 10.1. The zero-order valence-electron chi connectivity index (χ0n) is 11.7. The van der Waals surface area contributed by atoms with Gasteiger partial charge < -0.3 is 20.9 Å². The van der Waals surface area contributed by atoms with Gasteiger partial charge in [-0.1, -0.05) is 0 Å². The van der Waals surface area contributed by atoms with Crippen molar-refractivity contribution in [1.82, 2.24) is 0 Å². The summed E-state index contributed by atoms with van der Waals surface area (Å²) in [5.74, 6) is 0. The lowest BCUT2D eigenvalue weighted by atomic mass is 10.0. The summed E-state index contributed by atoms with van der Waals surface area (Å²) in [6.07, 6.45) is 0.585. The van der Waals surface area contributed by atoms with Crippen molar-refractivity contribution in [3.8, 4) is 0 Å². The normalized spacial score (nSPS) is 14.3. The number of nitrogens with one attached hydrogen (secondary N) is 1. The fourth-order valence-electron chi connectivity index (χ4n) is 1.69. The molecule has 1 aromatic rings. The molecule has 0 aliphatic heterocycles. The van der Waals surface area contributed by atoms with E-state index in [0.717, 1.165) is 5.69 Å². The highest BCUT2D eigenvalue weighted by molar-refractivity contribution is 5.68. The van der Waals surface area contributed by atoms with Crippen LogP contribution in [-0.2, 0) is 4.74 Å². The maximum Gasteiger partial charge on any atom is 0.0813 e. The van der Waals surface area contributed by atoms with Crippen molar-refractivity contribution in [2.45, 2.75) is 32.8 Å². The van der Waals surface area contributed by atoms with E-state index in [2.05, 4.69) is 5.32 Å². The number of hydrogen-bond acceptors (Lipinski definition) is 4. The Morgan fingerprint density at radius 1 is 1.33 bits per heavy atom. The van der Waals surface area contributed by atoms with Crippen LogP contribution in [-0.4, -0.2) is 31.0 Å². The summed E-state index contributed by atoms with van der Waals surface area (Å²) < 4.78 is 4.98. The van der Waals surface area contributed by atoms with Gasteiger partial charge in [-0.2, -0.15) is 0 Å². The van der Waals surface area contributed by atoms with Crippen LogP contribution in [0.4, 0.5) is 11.4 Å². The number of nitrogens with two attached hydrogens (primary N) is 1. The van der Waals surface area contributed by atoms with Crippen molar-refractivity contribution in [2.24, 2.45) is 0 Å². The lowest BCUT2D eigenvalue weighted by Crippen LogP contribution is -2.34. The van der Waals surface area contributed by atoms with Gasteiger partial charge in [0.1, 0.15) is 0 Å².